The van der Waals surface area contributed by atoms with E-state index >= 15 is 0 Å². The van der Waals surface area contributed by atoms with Crippen LogP contribution in [0.2, 0.25) is 0 Å². The van der Waals surface area contributed by atoms with Crippen molar-refractivity contribution in [3.05, 3.63) is 10.4 Å². The normalized spacial score (nSPS) is 4.55. The maximum absolute atomic E-state index is 8.75. The first-order valence-electron chi connectivity index (χ1n) is 1.87. The van der Waals surface area contributed by atoms with Crippen LogP contribution in [0.1, 0.15) is 0 Å². The van der Waals surface area contributed by atoms with Crippen LogP contribution in [-0.4, -0.2) is 12.8 Å². The summed E-state index contributed by atoms with van der Waals surface area (Å²) in [6, 6.07) is 0. The summed E-state index contributed by atoms with van der Waals surface area (Å²) < 4.78 is 17.2. The van der Waals surface area contributed by atoms with Crippen molar-refractivity contribution in [2.45, 2.75) is 0 Å². The second kappa shape index (κ2) is 33.9. The van der Waals surface area contributed by atoms with Crippen LogP contribution in [0.5, 0.6) is 0 Å². The Hall–Kier alpha value is -0.488. The molecule has 11 heavy (non-hydrogen) atoms. The molecule has 9 heteroatoms. The number of hydroxylamine groups is 2. The average Bonchev–Trinajstić information content (AvgIpc) is 2.06. The van der Waals surface area contributed by atoms with Gasteiger partial charge in [0.15, 0.2) is 12.8 Å². The summed E-state index contributed by atoms with van der Waals surface area (Å²) in [5.74, 6) is 0. The molecule has 8 nitrogen and oxygen atoms in total. The molecular formula is C2H4N2O6U. The molecule has 2 N–H and O–H groups in total. The van der Waals surface area contributed by atoms with Crippen molar-refractivity contribution < 1.29 is 41.9 Å². The second-order valence-corrected chi connectivity index (χ2v) is 1.25. The molecule has 0 fully saturated rings. The number of carbonyl (C=O) groups excluding carboxylic acids is 2. The van der Waals surface area contributed by atoms with Gasteiger partial charge in [-0.2, -0.15) is 0 Å². The van der Waals surface area contributed by atoms with Crippen molar-refractivity contribution in [1.29, 1.82) is 0 Å². The van der Waals surface area contributed by atoms with Gasteiger partial charge in [-0.15, -0.1) is 0 Å². The number of hydrogen-bond acceptors (Lipinski definition) is 6. The summed E-state index contributed by atoms with van der Waals surface area (Å²) in [7, 11) is 0. The summed E-state index contributed by atoms with van der Waals surface area (Å²) in [5.41, 5.74) is 2.00. The van der Waals surface area contributed by atoms with E-state index in [1.165, 1.54) is 0 Å². The quantitative estimate of drug-likeness (QED) is 0.423. The third kappa shape index (κ3) is 235. The van der Waals surface area contributed by atoms with E-state index in [2.05, 4.69) is 0 Å². The standard InChI is InChI=1S/2CH2NO2.2O.U/c2*3-1-2-4;;;/h2*1H,(H-,2,3,4);;;/q2*-1;;;+2. The average molecular weight is 390 g/mol. The minimum absolute atomic E-state index is 0.0694. The van der Waals surface area contributed by atoms with E-state index < -0.39 is 27.8 Å². The van der Waals surface area contributed by atoms with Gasteiger partial charge in [0.2, 0.25) is 0 Å². The molecule has 0 aromatic rings. The van der Waals surface area contributed by atoms with Crippen LogP contribution in [0.15, 0.2) is 0 Å². The fourth-order valence-electron chi connectivity index (χ4n) is 0. The Labute approximate surface area is 76.1 Å². The molecule has 0 spiro atoms. The Kier molecular flexibility index (Phi) is 51.9. The third-order valence-corrected chi connectivity index (χ3v) is 0.0962. The molecule has 0 aliphatic carbocycles. The number of hydrogen-bond donors (Lipinski definition) is 2. The van der Waals surface area contributed by atoms with Crippen molar-refractivity contribution >= 4 is 12.8 Å². The van der Waals surface area contributed by atoms with E-state index in [1.807, 2.05) is 0 Å². The second-order valence-electron chi connectivity index (χ2n) is 0.555. The SMILES string of the molecule is O=CN[O-].O=CN[O-].[O]=[U+2]=[O]. The van der Waals surface area contributed by atoms with Gasteiger partial charge in [-0.25, -0.2) is 0 Å². The Bertz CT molecular complexity index is 103. The van der Waals surface area contributed by atoms with Gasteiger partial charge in [0.05, 0.1) is 0 Å². The van der Waals surface area contributed by atoms with Gasteiger partial charge in [-0.05, 0) is 0 Å². The van der Waals surface area contributed by atoms with Gasteiger partial charge >= 0.3 is 32.3 Å². The monoisotopic (exact) mass is 390 g/mol. The zero-order valence-corrected chi connectivity index (χ0v) is 9.27. The zero-order chi connectivity index (χ0) is 9.54. The van der Waals surface area contributed by atoms with Gasteiger partial charge in [0.1, 0.15) is 0 Å². The van der Waals surface area contributed by atoms with E-state index in [-0.39, 0.29) is 12.8 Å². The molecule has 0 aromatic carbocycles. The molecule has 0 aliphatic heterocycles. The topological polar surface area (TPSA) is 138 Å². The summed E-state index contributed by atoms with van der Waals surface area (Å²) in [6.45, 7) is 0. The maximum atomic E-state index is 8.75. The number of rotatable bonds is 2. The fraction of sp³-hybridized carbons (Fsp3) is 0. The van der Waals surface area contributed by atoms with Crippen LogP contribution in [0, 0.1) is 38.2 Å². The summed E-state index contributed by atoms with van der Waals surface area (Å²) in [4.78, 5) is 17.5. The molecule has 0 unspecified atom stereocenters. The first-order valence-corrected chi connectivity index (χ1v) is 5.26. The first kappa shape index (κ1) is 16.9. The Morgan fingerprint density at radius 2 is 1.09 bits per heavy atom. The van der Waals surface area contributed by atoms with Crippen LogP contribution in [-0.2, 0) is 14.1 Å². The first-order chi connectivity index (χ1) is 5.24. The number of nitrogens with one attached hydrogen (secondary N) is 2. The molecule has 0 bridgehead atoms. The fourth-order valence-corrected chi connectivity index (χ4v) is 0. The van der Waals surface area contributed by atoms with Gasteiger partial charge in [-0.3, -0.25) is 9.59 Å². The molecule has 0 heterocycles. The van der Waals surface area contributed by atoms with Crippen molar-refractivity contribution in [1.82, 2.24) is 11.0 Å². The van der Waals surface area contributed by atoms with Crippen molar-refractivity contribution in [2.75, 3.05) is 0 Å². The molecule has 0 rings (SSSR count). The molecule has 0 saturated heterocycles. The van der Waals surface area contributed by atoms with E-state index in [0.717, 1.165) is 11.0 Å². The van der Waals surface area contributed by atoms with Gasteiger partial charge in [0, 0.05) is 0 Å². The van der Waals surface area contributed by atoms with E-state index in [4.69, 9.17) is 24.5 Å². The number of carbonyl (C=O) groups is 2. The van der Waals surface area contributed by atoms with Gasteiger partial charge in [-0.1, -0.05) is 0 Å². The predicted molar refractivity (Wildman–Crippen MR) is 26.5 cm³/mol. The van der Waals surface area contributed by atoms with Crippen LogP contribution < -0.4 is 11.0 Å². The molecular weight excluding hydrogens is 386 g/mol. The van der Waals surface area contributed by atoms with Crippen LogP contribution in [0.4, 0.5) is 0 Å². The Balaban J connectivity index is -0.0000000886. The molecule has 0 atom stereocenters. The van der Waals surface area contributed by atoms with Crippen LogP contribution in [0.25, 0.3) is 0 Å². The molecule has 62 valence electrons. The molecule has 0 aromatic heterocycles. The Morgan fingerprint density at radius 1 is 1.00 bits per heavy atom. The van der Waals surface area contributed by atoms with Crippen molar-refractivity contribution in [3.63, 3.8) is 0 Å². The van der Waals surface area contributed by atoms with E-state index in [1.54, 1.807) is 0 Å². The van der Waals surface area contributed by atoms with E-state index in [9.17, 15) is 0 Å². The summed E-state index contributed by atoms with van der Waals surface area (Å²) in [6.07, 6.45) is 0.139. The summed E-state index contributed by atoms with van der Waals surface area (Å²) >= 11 is -2.51. The van der Waals surface area contributed by atoms with Gasteiger partial charge < -0.3 is 21.4 Å². The molecule has 0 aliphatic rings. The Morgan fingerprint density at radius 3 is 1.09 bits per heavy atom. The van der Waals surface area contributed by atoms with Crippen LogP contribution >= 0.6 is 0 Å². The third-order valence-electron chi connectivity index (χ3n) is 0.0962. The van der Waals surface area contributed by atoms with Crippen molar-refractivity contribution in [3.8, 4) is 0 Å². The molecule has 0 saturated carbocycles. The van der Waals surface area contributed by atoms with Crippen molar-refractivity contribution in [2.24, 2.45) is 0 Å². The molecule has 0 radical (unpaired) electrons. The minimum atomic E-state index is -2.51. The predicted octanol–water partition coefficient (Wildman–Crippen LogP) is -1.78. The van der Waals surface area contributed by atoms with Gasteiger partial charge in [0.25, 0.3) is 0 Å². The zero-order valence-electron chi connectivity index (χ0n) is 5.10. The molecule has 2 amide bonds. The summed E-state index contributed by atoms with van der Waals surface area (Å²) in [5, 5.41) is 17.4. The van der Waals surface area contributed by atoms with Crippen LogP contribution in [0.3, 0.4) is 0 Å². The number of amides is 2. The van der Waals surface area contributed by atoms with E-state index in [0.29, 0.717) is 0 Å².